The highest BCUT2D eigenvalue weighted by atomic mass is 19.2. The molecule has 146 valence electrons. The molecule has 4 rings (SSSR count). The molecular weight excluding hydrogens is 390 g/mol. The van der Waals surface area contributed by atoms with Gasteiger partial charge in [-0.15, -0.1) is 0 Å². The number of para-hydroxylation sites is 1. The third-order valence-corrected chi connectivity index (χ3v) is 3.90. The van der Waals surface area contributed by atoms with Crippen LogP contribution in [0.4, 0.5) is 23.2 Å². The SMILES string of the molecule is Fc1nc(F)c(F)c(N/N=C\c2cn(-c3ccccc3)nc2-c2ccco2)c1F. The third-order valence-electron chi connectivity index (χ3n) is 3.90. The number of halogens is 4. The van der Waals surface area contributed by atoms with E-state index in [9.17, 15) is 17.6 Å². The van der Waals surface area contributed by atoms with Crippen molar-refractivity contribution in [2.75, 3.05) is 5.43 Å². The number of benzene rings is 1. The smallest absolute Gasteiger partial charge is 0.254 e. The van der Waals surface area contributed by atoms with Gasteiger partial charge in [-0.3, -0.25) is 5.43 Å². The molecule has 0 aliphatic carbocycles. The quantitative estimate of drug-likeness (QED) is 0.231. The minimum atomic E-state index is -1.78. The number of hydrogen-bond acceptors (Lipinski definition) is 5. The number of aromatic nitrogens is 3. The monoisotopic (exact) mass is 401 g/mol. The molecule has 3 aromatic heterocycles. The lowest BCUT2D eigenvalue weighted by Crippen LogP contribution is -2.05. The van der Waals surface area contributed by atoms with Gasteiger partial charge >= 0.3 is 0 Å². The summed E-state index contributed by atoms with van der Waals surface area (Å²) in [7, 11) is 0. The fraction of sp³-hybridized carbons (Fsp3) is 0. The highest BCUT2D eigenvalue weighted by molar-refractivity contribution is 5.88. The Morgan fingerprint density at radius 2 is 1.69 bits per heavy atom. The van der Waals surface area contributed by atoms with Gasteiger partial charge in [0.25, 0.3) is 11.9 Å². The van der Waals surface area contributed by atoms with Gasteiger partial charge in [0.05, 0.1) is 18.2 Å². The van der Waals surface area contributed by atoms with Crippen molar-refractivity contribution in [3.8, 4) is 17.1 Å². The molecule has 0 amide bonds. The summed E-state index contributed by atoms with van der Waals surface area (Å²) < 4.78 is 60.7. The van der Waals surface area contributed by atoms with E-state index in [1.807, 2.05) is 35.8 Å². The summed E-state index contributed by atoms with van der Waals surface area (Å²) in [5, 5.41) is 8.12. The zero-order chi connectivity index (χ0) is 20.4. The van der Waals surface area contributed by atoms with Crippen LogP contribution in [-0.4, -0.2) is 21.0 Å². The molecule has 0 bridgehead atoms. The van der Waals surface area contributed by atoms with E-state index in [0.717, 1.165) is 5.69 Å². The van der Waals surface area contributed by atoms with Crippen molar-refractivity contribution >= 4 is 11.9 Å². The first-order valence-corrected chi connectivity index (χ1v) is 8.22. The summed E-state index contributed by atoms with van der Waals surface area (Å²) in [6.45, 7) is 0. The number of rotatable bonds is 5. The summed E-state index contributed by atoms with van der Waals surface area (Å²) in [6.07, 6.45) is 4.27. The molecule has 0 unspecified atom stereocenters. The van der Waals surface area contributed by atoms with Crippen molar-refractivity contribution in [1.82, 2.24) is 14.8 Å². The Kier molecular flexibility index (Phi) is 4.82. The second-order valence-electron chi connectivity index (χ2n) is 5.76. The Morgan fingerprint density at radius 1 is 0.966 bits per heavy atom. The maximum atomic E-state index is 13.7. The minimum absolute atomic E-state index is 0.400. The van der Waals surface area contributed by atoms with Crippen LogP contribution in [0.1, 0.15) is 5.56 Å². The zero-order valence-electron chi connectivity index (χ0n) is 14.5. The predicted octanol–water partition coefficient (Wildman–Crippen LogP) is 4.53. The van der Waals surface area contributed by atoms with E-state index in [2.05, 4.69) is 15.2 Å². The van der Waals surface area contributed by atoms with Crippen LogP contribution in [0.5, 0.6) is 0 Å². The average Bonchev–Trinajstić information content (AvgIpc) is 3.39. The number of nitrogens with zero attached hydrogens (tertiary/aromatic N) is 4. The van der Waals surface area contributed by atoms with Crippen LogP contribution < -0.4 is 5.43 Å². The van der Waals surface area contributed by atoms with E-state index < -0.39 is 29.2 Å². The second-order valence-corrected chi connectivity index (χ2v) is 5.76. The number of hydrazone groups is 1. The van der Waals surface area contributed by atoms with Crippen LogP contribution >= 0.6 is 0 Å². The lowest BCUT2D eigenvalue weighted by Gasteiger charge is -2.04. The van der Waals surface area contributed by atoms with Gasteiger partial charge < -0.3 is 4.42 Å². The normalized spacial score (nSPS) is 11.3. The largest absolute Gasteiger partial charge is 0.463 e. The van der Waals surface area contributed by atoms with Gasteiger partial charge in [0, 0.05) is 11.8 Å². The molecule has 3 heterocycles. The van der Waals surface area contributed by atoms with E-state index >= 15 is 0 Å². The first-order chi connectivity index (χ1) is 14.0. The standard InChI is InChI=1S/C19H11F4N5O/c20-14-17(15(21)19(23)25-18(14)22)26-24-9-11-10-28(12-5-2-1-3-6-12)27-16(11)13-7-4-8-29-13/h1-10H,(H,25,26)/b24-9-. The highest BCUT2D eigenvalue weighted by Crippen LogP contribution is 2.24. The molecule has 0 spiro atoms. The van der Waals surface area contributed by atoms with Crippen LogP contribution in [-0.2, 0) is 0 Å². The third kappa shape index (κ3) is 3.59. The van der Waals surface area contributed by atoms with Gasteiger partial charge in [0.1, 0.15) is 11.4 Å². The van der Waals surface area contributed by atoms with Crippen LogP contribution in [0.2, 0.25) is 0 Å². The predicted molar refractivity (Wildman–Crippen MR) is 96.6 cm³/mol. The summed E-state index contributed by atoms with van der Waals surface area (Å²) in [5.74, 6) is -6.51. The Hall–Kier alpha value is -3.95. The van der Waals surface area contributed by atoms with E-state index in [0.29, 0.717) is 17.0 Å². The maximum absolute atomic E-state index is 13.7. The van der Waals surface area contributed by atoms with Gasteiger partial charge in [-0.05, 0) is 24.3 Å². The van der Waals surface area contributed by atoms with Gasteiger partial charge in [-0.25, -0.2) is 4.68 Å². The Bertz CT molecular complexity index is 1150. The van der Waals surface area contributed by atoms with Crippen LogP contribution in [0, 0.1) is 23.5 Å². The topological polar surface area (TPSA) is 68.2 Å². The molecule has 0 aliphatic rings. The fourth-order valence-electron chi connectivity index (χ4n) is 2.55. The van der Waals surface area contributed by atoms with Gasteiger partial charge in [-0.1, -0.05) is 18.2 Å². The summed E-state index contributed by atoms with van der Waals surface area (Å²) >= 11 is 0. The number of nitrogens with one attached hydrogen (secondary N) is 1. The van der Waals surface area contributed by atoms with E-state index in [-0.39, 0.29) is 0 Å². The number of furan rings is 1. The fourth-order valence-corrected chi connectivity index (χ4v) is 2.55. The van der Waals surface area contributed by atoms with Crippen molar-refractivity contribution in [3.05, 3.63) is 84.0 Å². The van der Waals surface area contributed by atoms with E-state index in [4.69, 9.17) is 4.42 Å². The molecule has 4 aromatic rings. The molecular formula is C19H11F4N5O. The van der Waals surface area contributed by atoms with Crippen LogP contribution in [0.25, 0.3) is 17.1 Å². The summed E-state index contributed by atoms with van der Waals surface area (Å²) in [5.41, 5.74) is 2.45. The second kappa shape index (κ2) is 7.58. The molecule has 0 radical (unpaired) electrons. The minimum Gasteiger partial charge on any atom is -0.463 e. The number of hydrogen-bond donors (Lipinski definition) is 1. The van der Waals surface area contributed by atoms with Gasteiger partial charge in [0.15, 0.2) is 5.76 Å². The first-order valence-electron chi connectivity index (χ1n) is 8.22. The first kappa shape index (κ1) is 18.4. The molecule has 0 fully saturated rings. The Morgan fingerprint density at radius 3 is 2.34 bits per heavy atom. The lowest BCUT2D eigenvalue weighted by molar-refractivity contribution is 0.411. The van der Waals surface area contributed by atoms with E-state index in [1.165, 1.54) is 12.5 Å². The molecule has 1 aromatic carbocycles. The molecule has 10 heteroatoms. The van der Waals surface area contributed by atoms with E-state index in [1.54, 1.807) is 23.0 Å². The average molecular weight is 401 g/mol. The molecule has 0 atom stereocenters. The van der Waals surface area contributed by atoms with Crippen molar-refractivity contribution in [1.29, 1.82) is 0 Å². The van der Waals surface area contributed by atoms with Gasteiger partial charge in [-0.2, -0.15) is 32.7 Å². The maximum Gasteiger partial charge on any atom is 0.254 e. The molecule has 29 heavy (non-hydrogen) atoms. The highest BCUT2D eigenvalue weighted by Gasteiger charge is 2.20. The van der Waals surface area contributed by atoms with Crippen LogP contribution in [0.3, 0.4) is 0 Å². The lowest BCUT2D eigenvalue weighted by atomic mass is 10.2. The summed E-state index contributed by atoms with van der Waals surface area (Å²) in [6, 6.07) is 12.5. The molecule has 0 saturated heterocycles. The number of pyridine rings is 1. The van der Waals surface area contributed by atoms with Crippen molar-refractivity contribution in [2.45, 2.75) is 0 Å². The molecule has 0 saturated carbocycles. The zero-order valence-corrected chi connectivity index (χ0v) is 14.5. The van der Waals surface area contributed by atoms with Crippen molar-refractivity contribution in [2.24, 2.45) is 5.10 Å². The molecule has 1 N–H and O–H groups in total. The van der Waals surface area contributed by atoms with Crippen molar-refractivity contribution in [3.63, 3.8) is 0 Å². The molecule has 6 nitrogen and oxygen atoms in total. The van der Waals surface area contributed by atoms with Gasteiger partial charge in [0.2, 0.25) is 11.6 Å². The number of anilines is 1. The Balaban J connectivity index is 1.69. The summed E-state index contributed by atoms with van der Waals surface area (Å²) in [4.78, 5) is 2.48. The Labute approximate surface area is 161 Å². The molecule has 0 aliphatic heterocycles. The van der Waals surface area contributed by atoms with Crippen molar-refractivity contribution < 1.29 is 22.0 Å². The van der Waals surface area contributed by atoms with Crippen LogP contribution in [0.15, 0.2) is 64.4 Å².